The van der Waals surface area contributed by atoms with Crippen molar-refractivity contribution in [2.24, 2.45) is 0 Å². The van der Waals surface area contributed by atoms with E-state index in [0.717, 1.165) is 18.4 Å². The van der Waals surface area contributed by atoms with Gasteiger partial charge in [0.2, 0.25) is 5.91 Å². The molecule has 1 amide bonds. The van der Waals surface area contributed by atoms with E-state index < -0.39 is 12.0 Å². The zero-order chi connectivity index (χ0) is 16.2. The molecule has 1 unspecified atom stereocenters. The molecule has 1 atom stereocenters. The predicted octanol–water partition coefficient (Wildman–Crippen LogP) is 1.41. The van der Waals surface area contributed by atoms with Crippen LogP contribution in [0, 0.1) is 0 Å². The molecule has 7 nitrogen and oxygen atoms in total. The van der Waals surface area contributed by atoms with Gasteiger partial charge in [-0.25, -0.2) is 9.48 Å². The van der Waals surface area contributed by atoms with Gasteiger partial charge in [-0.2, -0.15) is 0 Å². The van der Waals surface area contributed by atoms with Crippen molar-refractivity contribution >= 4 is 11.9 Å². The van der Waals surface area contributed by atoms with E-state index in [-0.39, 0.29) is 12.5 Å². The largest absolute Gasteiger partial charge is 0.480 e. The number of aliphatic carboxylic acids is 1. The first-order valence-corrected chi connectivity index (χ1v) is 7.63. The summed E-state index contributed by atoms with van der Waals surface area (Å²) in [4.78, 5) is 25.1. The highest BCUT2D eigenvalue weighted by atomic mass is 16.4. The summed E-state index contributed by atoms with van der Waals surface area (Å²) in [6.07, 6.45) is 3.88. The lowest BCUT2D eigenvalue weighted by atomic mass is 10.0. The van der Waals surface area contributed by atoms with Gasteiger partial charge in [-0.05, 0) is 19.3 Å². The monoisotopic (exact) mass is 314 g/mol. The average molecular weight is 314 g/mol. The molecular formula is C16H18N4O3. The predicted molar refractivity (Wildman–Crippen MR) is 82.4 cm³/mol. The molecule has 2 heterocycles. The molecule has 0 bridgehead atoms. The lowest BCUT2D eigenvalue weighted by Gasteiger charge is -2.32. The highest BCUT2D eigenvalue weighted by Crippen LogP contribution is 2.18. The number of nitrogens with zero attached hydrogens (tertiary/aromatic N) is 4. The van der Waals surface area contributed by atoms with Gasteiger partial charge >= 0.3 is 5.97 Å². The average Bonchev–Trinajstić information content (AvgIpc) is 3.04. The summed E-state index contributed by atoms with van der Waals surface area (Å²) in [5.41, 5.74) is 1.61. The SMILES string of the molecule is O=C(O)C1CCCCN1C(=O)Cn1cc(-c2ccccc2)nn1. The van der Waals surface area contributed by atoms with Gasteiger partial charge < -0.3 is 10.0 Å². The molecule has 1 N–H and O–H groups in total. The molecule has 1 aliphatic heterocycles. The van der Waals surface area contributed by atoms with Crippen molar-refractivity contribution in [3.63, 3.8) is 0 Å². The van der Waals surface area contributed by atoms with Crippen molar-refractivity contribution < 1.29 is 14.7 Å². The number of carbonyl (C=O) groups is 2. The summed E-state index contributed by atoms with van der Waals surface area (Å²) in [6, 6.07) is 8.84. The minimum absolute atomic E-state index is 0.00358. The molecular weight excluding hydrogens is 296 g/mol. The molecule has 1 aliphatic rings. The zero-order valence-electron chi connectivity index (χ0n) is 12.6. The van der Waals surface area contributed by atoms with Crippen molar-refractivity contribution in [3.05, 3.63) is 36.5 Å². The smallest absolute Gasteiger partial charge is 0.326 e. The molecule has 1 fully saturated rings. The molecule has 23 heavy (non-hydrogen) atoms. The second-order valence-corrected chi connectivity index (χ2v) is 5.60. The molecule has 120 valence electrons. The van der Waals surface area contributed by atoms with E-state index in [2.05, 4.69) is 10.3 Å². The van der Waals surface area contributed by atoms with E-state index in [1.54, 1.807) is 6.20 Å². The van der Waals surface area contributed by atoms with Crippen molar-refractivity contribution in [3.8, 4) is 11.3 Å². The summed E-state index contributed by atoms with van der Waals surface area (Å²) in [6.45, 7) is 0.486. The minimum Gasteiger partial charge on any atom is -0.480 e. The highest BCUT2D eigenvalue weighted by molar-refractivity contribution is 5.83. The van der Waals surface area contributed by atoms with Crippen LogP contribution in [-0.4, -0.2) is 49.5 Å². The Bertz CT molecular complexity index is 698. The van der Waals surface area contributed by atoms with Gasteiger partial charge in [-0.15, -0.1) is 5.10 Å². The maximum Gasteiger partial charge on any atom is 0.326 e. The van der Waals surface area contributed by atoms with Gasteiger partial charge in [-0.3, -0.25) is 4.79 Å². The number of rotatable bonds is 4. The fraction of sp³-hybridized carbons (Fsp3) is 0.375. The number of carboxylic acid groups (broad SMARTS) is 1. The van der Waals surface area contributed by atoms with Crippen LogP contribution in [-0.2, 0) is 16.1 Å². The third kappa shape index (κ3) is 3.39. The van der Waals surface area contributed by atoms with Crippen LogP contribution in [0.25, 0.3) is 11.3 Å². The van der Waals surface area contributed by atoms with Crippen LogP contribution in [0.3, 0.4) is 0 Å². The second-order valence-electron chi connectivity index (χ2n) is 5.60. The Labute approximate surface area is 133 Å². The first-order valence-electron chi connectivity index (χ1n) is 7.63. The summed E-state index contributed by atoms with van der Waals surface area (Å²) < 4.78 is 1.46. The molecule has 1 saturated heterocycles. The molecule has 1 aromatic carbocycles. The third-order valence-electron chi connectivity index (χ3n) is 4.01. The van der Waals surface area contributed by atoms with E-state index in [4.69, 9.17) is 0 Å². The van der Waals surface area contributed by atoms with Crippen LogP contribution in [0.4, 0.5) is 0 Å². The number of amides is 1. The Balaban J connectivity index is 1.70. The Morgan fingerprint density at radius 1 is 1.22 bits per heavy atom. The van der Waals surface area contributed by atoms with E-state index in [9.17, 15) is 14.7 Å². The van der Waals surface area contributed by atoms with Crippen LogP contribution in [0.2, 0.25) is 0 Å². The maximum absolute atomic E-state index is 12.4. The third-order valence-corrected chi connectivity index (χ3v) is 4.01. The fourth-order valence-corrected chi connectivity index (χ4v) is 2.83. The molecule has 2 aromatic rings. The van der Waals surface area contributed by atoms with Gasteiger partial charge in [-0.1, -0.05) is 35.5 Å². The van der Waals surface area contributed by atoms with E-state index in [1.165, 1.54) is 9.58 Å². The number of hydrogen-bond donors (Lipinski definition) is 1. The Morgan fingerprint density at radius 3 is 2.74 bits per heavy atom. The van der Waals surface area contributed by atoms with Gasteiger partial charge in [0, 0.05) is 12.1 Å². The van der Waals surface area contributed by atoms with Gasteiger partial charge in [0.05, 0.1) is 6.20 Å². The van der Waals surface area contributed by atoms with Crippen LogP contribution >= 0.6 is 0 Å². The molecule has 0 saturated carbocycles. The molecule has 7 heteroatoms. The number of piperidine rings is 1. The topological polar surface area (TPSA) is 88.3 Å². The summed E-state index contributed by atoms with van der Waals surface area (Å²) >= 11 is 0. The fourth-order valence-electron chi connectivity index (χ4n) is 2.83. The molecule has 0 aliphatic carbocycles. The normalized spacial score (nSPS) is 17.9. The summed E-state index contributed by atoms with van der Waals surface area (Å²) in [5, 5.41) is 17.3. The number of likely N-dealkylation sites (tertiary alicyclic amines) is 1. The maximum atomic E-state index is 12.4. The molecule has 3 rings (SSSR count). The van der Waals surface area contributed by atoms with Crippen LogP contribution in [0.5, 0.6) is 0 Å². The van der Waals surface area contributed by atoms with Crippen molar-refractivity contribution in [1.29, 1.82) is 0 Å². The minimum atomic E-state index is -0.943. The van der Waals surface area contributed by atoms with Crippen LogP contribution in [0.1, 0.15) is 19.3 Å². The highest BCUT2D eigenvalue weighted by Gasteiger charge is 2.31. The lowest BCUT2D eigenvalue weighted by Crippen LogP contribution is -2.49. The number of carboxylic acids is 1. The van der Waals surface area contributed by atoms with Crippen molar-refractivity contribution in [2.75, 3.05) is 6.54 Å². The molecule has 0 radical (unpaired) electrons. The molecule has 0 spiro atoms. The van der Waals surface area contributed by atoms with Crippen LogP contribution < -0.4 is 0 Å². The zero-order valence-corrected chi connectivity index (χ0v) is 12.6. The number of benzene rings is 1. The first kappa shape index (κ1) is 15.2. The Morgan fingerprint density at radius 2 is 2.00 bits per heavy atom. The van der Waals surface area contributed by atoms with Gasteiger partial charge in [0.1, 0.15) is 18.3 Å². The Kier molecular flexibility index (Phi) is 4.36. The number of carbonyl (C=O) groups excluding carboxylic acids is 1. The second kappa shape index (κ2) is 6.60. The quantitative estimate of drug-likeness (QED) is 0.922. The van der Waals surface area contributed by atoms with E-state index >= 15 is 0 Å². The van der Waals surface area contributed by atoms with Crippen LogP contribution in [0.15, 0.2) is 36.5 Å². The molecule has 1 aromatic heterocycles. The Hall–Kier alpha value is -2.70. The lowest BCUT2D eigenvalue weighted by molar-refractivity contribution is -0.152. The first-order chi connectivity index (χ1) is 11.1. The summed E-state index contributed by atoms with van der Waals surface area (Å²) in [5.74, 6) is -1.18. The van der Waals surface area contributed by atoms with Crippen molar-refractivity contribution in [1.82, 2.24) is 19.9 Å². The van der Waals surface area contributed by atoms with Crippen molar-refractivity contribution in [2.45, 2.75) is 31.8 Å². The van der Waals surface area contributed by atoms with E-state index in [0.29, 0.717) is 18.7 Å². The number of hydrogen-bond acceptors (Lipinski definition) is 4. The van der Waals surface area contributed by atoms with Gasteiger partial charge in [0.25, 0.3) is 0 Å². The van der Waals surface area contributed by atoms with Gasteiger partial charge in [0.15, 0.2) is 0 Å². The standard InChI is InChI=1S/C16H18N4O3/c21-15(20-9-5-4-8-14(20)16(22)23)11-19-10-13(17-18-19)12-6-2-1-3-7-12/h1-3,6-7,10,14H,4-5,8-9,11H2,(H,22,23). The number of aromatic nitrogens is 3. The van der Waals surface area contributed by atoms with E-state index in [1.807, 2.05) is 30.3 Å². The summed E-state index contributed by atoms with van der Waals surface area (Å²) in [7, 11) is 0.